The highest BCUT2D eigenvalue weighted by molar-refractivity contribution is 7.25. The lowest BCUT2D eigenvalue weighted by atomic mass is 9.95. The molecule has 5 heteroatoms. The van der Waals surface area contributed by atoms with E-state index in [4.69, 9.17) is 9.98 Å². The molecule has 0 saturated heterocycles. The summed E-state index contributed by atoms with van der Waals surface area (Å²) in [7, 11) is 0. The molecule has 254 valence electrons. The molecule has 0 saturated carbocycles. The Hall–Kier alpha value is -6.82. The monoisotopic (exact) mass is 708 g/mol. The first-order valence-electron chi connectivity index (χ1n) is 18.3. The highest BCUT2D eigenvalue weighted by atomic mass is 32.1. The van der Waals surface area contributed by atoms with Gasteiger partial charge in [-0.05, 0) is 70.4 Å². The third kappa shape index (κ3) is 4.97. The van der Waals surface area contributed by atoms with Gasteiger partial charge in [0.25, 0.3) is 0 Å². The van der Waals surface area contributed by atoms with Crippen molar-refractivity contribution in [1.29, 1.82) is 0 Å². The predicted octanol–water partition coefficient (Wildman–Crippen LogP) is 12.5. The smallest absolute Gasteiger partial charge is 0.159 e. The summed E-state index contributed by atoms with van der Waals surface area (Å²) in [5.74, 6) is 1.50. The number of hydrogen-bond acceptors (Lipinski definition) is 4. The van der Waals surface area contributed by atoms with Crippen molar-refractivity contribution in [1.82, 2.24) is 9.88 Å². The number of fused-ring (bicyclic) bond motifs is 7. The Balaban J connectivity index is 1.21. The fraction of sp³-hybridized carbons (Fsp3) is 0.0204. The number of amidine groups is 2. The maximum absolute atomic E-state index is 5.27. The molecule has 0 bridgehead atoms. The number of nitrogens with zero attached hydrogens (tertiary/aromatic N) is 3. The van der Waals surface area contributed by atoms with Crippen molar-refractivity contribution in [3.05, 3.63) is 199 Å². The van der Waals surface area contributed by atoms with E-state index < -0.39 is 0 Å². The third-order valence-corrected chi connectivity index (χ3v) is 11.8. The minimum atomic E-state index is -0.285. The molecule has 3 heterocycles. The van der Waals surface area contributed by atoms with Crippen molar-refractivity contribution < 1.29 is 0 Å². The van der Waals surface area contributed by atoms with Crippen LogP contribution in [0.5, 0.6) is 0 Å². The summed E-state index contributed by atoms with van der Waals surface area (Å²) in [6.45, 7) is 0. The molecule has 2 aromatic heterocycles. The van der Waals surface area contributed by atoms with Gasteiger partial charge in [0.15, 0.2) is 5.84 Å². The molecule has 1 aliphatic rings. The van der Waals surface area contributed by atoms with Crippen LogP contribution in [-0.4, -0.2) is 16.2 Å². The molecule has 1 unspecified atom stereocenters. The Morgan fingerprint density at radius 3 is 2.06 bits per heavy atom. The van der Waals surface area contributed by atoms with Crippen molar-refractivity contribution >= 4 is 75.8 Å². The van der Waals surface area contributed by atoms with Gasteiger partial charge in [0.1, 0.15) is 12.0 Å². The number of aromatic nitrogens is 1. The fourth-order valence-corrected chi connectivity index (χ4v) is 9.26. The number of nitrogens with one attached hydrogen (secondary N) is 1. The average Bonchev–Trinajstić information content (AvgIpc) is 3.78. The summed E-state index contributed by atoms with van der Waals surface area (Å²) in [4.78, 5) is 10.5. The molecular formula is C49H32N4S. The molecule has 0 amide bonds. The van der Waals surface area contributed by atoms with E-state index >= 15 is 0 Å². The van der Waals surface area contributed by atoms with E-state index in [1.165, 1.54) is 58.3 Å². The van der Waals surface area contributed by atoms with Gasteiger partial charge in [0.2, 0.25) is 0 Å². The van der Waals surface area contributed by atoms with Crippen LogP contribution in [-0.2, 0) is 0 Å². The summed E-state index contributed by atoms with van der Waals surface area (Å²) in [5.41, 5.74) is 8.86. The zero-order chi connectivity index (χ0) is 35.6. The SMILES string of the molecule is c1ccc(C2=NC(c3ccc(-n4c5ccccc5c5cc6ccccc6cc54)c(-c4cccc5sc6ccccc6c45)c3)=NC(c3ccccc3)N2)cc1. The van der Waals surface area contributed by atoms with Crippen molar-refractivity contribution in [2.45, 2.75) is 6.17 Å². The van der Waals surface area contributed by atoms with Crippen molar-refractivity contribution in [3.63, 3.8) is 0 Å². The topological polar surface area (TPSA) is 41.7 Å². The molecule has 11 rings (SSSR count). The third-order valence-electron chi connectivity index (χ3n) is 10.6. The molecule has 0 spiro atoms. The molecule has 10 aromatic rings. The Labute approximate surface area is 316 Å². The lowest BCUT2D eigenvalue weighted by Crippen LogP contribution is -2.33. The summed E-state index contributed by atoms with van der Waals surface area (Å²) in [5, 5.41) is 11.1. The molecule has 1 atom stereocenters. The summed E-state index contributed by atoms with van der Waals surface area (Å²) >= 11 is 1.85. The quantitative estimate of drug-likeness (QED) is 0.190. The number of rotatable bonds is 5. The van der Waals surface area contributed by atoms with Gasteiger partial charge in [0, 0.05) is 47.6 Å². The molecule has 0 aliphatic carbocycles. The van der Waals surface area contributed by atoms with E-state index in [0.717, 1.165) is 33.8 Å². The number of hydrogen-bond donors (Lipinski definition) is 1. The standard InChI is InChI=1S/C49H32N4S/c1-3-14-31(15-4-1)47-50-48(32-16-5-2-6-17-32)52-49(51-47)35-26-27-42(40(29-35)37-22-13-25-45-46(37)38-21-10-12-24-44(38)54-45)53-41-23-11-9-20-36(41)39-28-33-18-7-8-19-34(33)30-43(39)53/h1-30,47H,(H,50,51,52). The maximum atomic E-state index is 5.27. The summed E-state index contributed by atoms with van der Waals surface area (Å²) in [6.07, 6.45) is -0.285. The van der Waals surface area contributed by atoms with Gasteiger partial charge in [-0.3, -0.25) is 0 Å². The first kappa shape index (κ1) is 30.8. The predicted molar refractivity (Wildman–Crippen MR) is 228 cm³/mol. The molecule has 0 fully saturated rings. The van der Waals surface area contributed by atoms with Gasteiger partial charge in [-0.25, -0.2) is 9.98 Å². The van der Waals surface area contributed by atoms with Crippen molar-refractivity contribution in [2.75, 3.05) is 0 Å². The van der Waals surface area contributed by atoms with Crippen LogP contribution in [0.3, 0.4) is 0 Å². The minimum Gasteiger partial charge on any atom is -0.344 e. The average molecular weight is 709 g/mol. The Bertz CT molecular complexity index is 3140. The second-order valence-electron chi connectivity index (χ2n) is 13.8. The first-order chi connectivity index (χ1) is 26.8. The number of para-hydroxylation sites is 1. The summed E-state index contributed by atoms with van der Waals surface area (Å²) in [6, 6.07) is 65.1. The molecule has 54 heavy (non-hydrogen) atoms. The molecular weight excluding hydrogens is 677 g/mol. The Morgan fingerprint density at radius 1 is 0.500 bits per heavy atom. The van der Waals surface area contributed by atoms with Gasteiger partial charge in [-0.15, -0.1) is 11.3 Å². The van der Waals surface area contributed by atoms with E-state index in [2.05, 4.69) is 180 Å². The van der Waals surface area contributed by atoms with Gasteiger partial charge in [0.05, 0.1) is 16.7 Å². The van der Waals surface area contributed by atoms with Gasteiger partial charge in [-0.2, -0.15) is 0 Å². The number of aliphatic imine (C=N–C) groups is 2. The Kier molecular flexibility index (Phi) is 7.07. The Morgan fingerprint density at radius 2 is 1.20 bits per heavy atom. The van der Waals surface area contributed by atoms with E-state index in [9.17, 15) is 0 Å². The van der Waals surface area contributed by atoms with Crippen LogP contribution < -0.4 is 5.32 Å². The maximum Gasteiger partial charge on any atom is 0.159 e. The second kappa shape index (κ2) is 12.4. The molecule has 1 N–H and O–H groups in total. The number of thiophene rings is 1. The van der Waals surface area contributed by atoms with Gasteiger partial charge in [-0.1, -0.05) is 133 Å². The second-order valence-corrected chi connectivity index (χ2v) is 14.9. The zero-order valence-electron chi connectivity index (χ0n) is 29.1. The van der Waals surface area contributed by atoms with Gasteiger partial charge < -0.3 is 9.88 Å². The zero-order valence-corrected chi connectivity index (χ0v) is 30.0. The van der Waals surface area contributed by atoms with Crippen LogP contribution in [0, 0.1) is 0 Å². The van der Waals surface area contributed by atoms with E-state index in [-0.39, 0.29) is 6.17 Å². The van der Waals surface area contributed by atoms with Crippen molar-refractivity contribution in [2.24, 2.45) is 9.98 Å². The minimum absolute atomic E-state index is 0.285. The van der Waals surface area contributed by atoms with Crippen LogP contribution in [0.2, 0.25) is 0 Å². The molecule has 1 aliphatic heterocycles. The first-order valence-corrected chi connectivity index (χ1v) is 19.1. The highest BCUT2D eigenvalue weighted by Crippen LogP contribution is 2.44. The highest BCUT2D eigenvalue weighted by Gasteiger charge is 2.24. The van der Waals surface area contributed by atoms with Gasteiger partial charge >= 0.3 is 0 Å². The molecule has 4 nitrogen and oxygen atoms in total. The molecule has 8 aromatic carbocycles. The van der Waals surface area contributed by atoms with Crippen LogP contribution >= 0.6 is 11.3 Å². The van der Waals surface area contributed by atoms with Crippen LogP contribution in [0.1, 0.15) is 22.9 Å². The van der Waals surface area contributed by atoms with Crippen LogP contribution in [0.15, 0.2) is 192 Å². The van der Waals surface area contributed by atoms with Crippen LogP contribution in [0.4, 0.5) is 0 Å². The lowest BCUT2D eigenvalue weighted by Gasteiger charge is -2.24. The normalized spacial score (nSPS) is 14.5. The van der Waals surface area contributed by atoms with Crippen LogP contribution in [0.25, 0.3) is 69.6 Å². The largest absolute Gasteiger partial charge is 0.344 e. The van der Waals surface area contributed by atoms with Crippen molar-refractivity contribution in [3.8, 4) is 16.8 Å². The fourth-order valence-electron chi connectivity index (χ4n) is 8.13. The summed E-state index contributed by atoms with van der Waals surface area (Å²) < 4.78 is 5.01. The van der Waals surface area contributed by atoms with E-state index in [0.29, 0.717) is 5.84 Å². The lowest BCUT2D eigenvalue weighted by molar-refractivity contribution is 0.674. The molecule has 0 radical (unpaired) electrons. The van der Waals surface area contributed by atoms with E-state index in [1.807, 2.05) is 23.5 Å². The number of benzene rings is 8. The van der Waals surface area contributed by atoms with E-state index in [1.54, 1.807) is 0 Å².